The first-order valence-electron chi connectivity index (χ1n) is 11.7. The monoisotopic (exact) mass is 438 g/mol. The second-order valence-electron chi connectivity index (χ2n) is 9.44. The second-order valence-corrected chi connectivity index (χ2v) is 9.44. The van der Waals surface area contributed by atoms with Crippen LogP contribution < -0.4 is 4.74 Å². The van der Waals surface area contributed by atoms with Crippen molar-refractivity contribution in [2.45, 2.75) is 51.6 Å². The fraction of sp³-hybridized carbons (Fsp3) is 0.321. The maximum Gasteiger partial charge on any atom is 0.174 e. The molecule has 5 nitrogen and oxygen atoms in total. The van der Waals surface area contributed by atoms with Crippen LogP contribution in [0.3, 0.4) is 0 Å². The molecule has 2 aromatic heterocycles. The van der Waals surface area contributed by atoms with Gasteiger partial charge in [-0.25, -0.2) is 4.98 Å². The van der Waals surface area contributed by atoms with Crippen LogP contribution in [-0.2, 0) is 18.4 Å². The topological polar surface area (TPSA) is 52.8 Å². The van der Waals surface area contributed by atoms with E-state index in [0.717, 1.165) is 17.4 Å². The average molecular weight is 439 g/mol. The van der Waals surface area contributed by atoms with Crippen LogP contribution in [0, 0.1) is 5.92 Å². The van der Waals surface area contributed by atoms with E-state index >= 15 is 0 Å². The van der Waals surface area contributed by atoms with Crippen LogP contribution in [-0.4, -0.2) is 20.0 Å². The van der Waals surface area contributed by atoms with E-state index < -0.39 is 0 Å². The molecule has 0 spiro atoms. The third-order valence-corrected chi connectivity index (χ3v) is 6.80. The molecule has 1 saturated carbocycles. The number of hydrogen-bond acceptors (Lipinski definition) is 4. The molecule has 0 saturated heterocycles. The molecule has 1 fully saturated rings. The first kappa shape index (κ1) is 21.4. The van der Waals surface area contributed by atoms with E-state index in [2.05, 4.69) is 65.4 Å². The van der Waals surface area contributed by atoms with Crippen molar-refractivity contribution in [3.8, 4) is 11.6 Å². The summed E-state index contributed by atoms with van der Waals surface area (Å²) in [7, 11) is 0. The van der Waals surface area contributed by atoms with Crippen molar-refractivity contribution in [1.29, 1.82) is 0 Å². The minimum absolute atomic E-state index is 0.0693. The van der Waals surface area contributed by atoms with Gasteiger partial charge in [-0.15, -0.1) is 4.80 Å². The molecule has 4 aromatic rings. The van der Waals surface area contributed by atoms with Gasteiger partial charge in [-0.05, 0) is 53.3 Å². The van der Waals surface area contributed by atoms with Gasteiger partial charge in [0.25, 0.3) is 0 Å². The summed E-state index contributed by atoms with van der Waals surface area (Å²) in [6.07, 6.45) is 8.69. The molecule has 0 unspecified atom stereocenters. The van der Waals surface area contributed by atoms with Gasteiger partial charge in [-0.3, -0.25) is 0 Å². The van der Waals surface area contributed by atoms with Crippen LogP contribution in [0.25, 0.3) is 5.82 Å². The zero-order valence-electron chi connectivity index (χ0n) is 19.3. The van der Waals surface area contributed by atoms with E-state index in [0.29, 0.717) is 12.4 Å². The summed E-state index contributed by atoms with van der Waals surface area (Å²) < 4.78 is 5.99. The highest BCUT2D eigenvalue weighted by Gasteiger charge is 2.23. The van der Waals surface area contributed by atoms with Crippen molar-refractivity contribution < 1.29 is 4.74 Å². The molecule has 5 heteroatoms. The molecule has 2 heterocycles. The maximum absolute atomic E-state index is 5.99. The average Bonchev–Trinajstić information content (AvgIpc) is 3.36. The first-order valence-corrected chi connectivity index (χ1v) is 11.7. The molecular formula is C28H30N4O. The molecule has 0 radical (unpaired) electrons. The van der Waals surface area contributed by atoms with E-state index in [9.17, 15) is 0 Å². The maximum atomic E-state index is 5.99. The predicted molar refractivity (Wildman–Crippen MR) is 130 cm³/mol. The number of nitrogens with zero attached hydrogens (tertiary/aromatic N) is 4. The smallest absolute Gasteiger partial charge is 0.174 e. The number of rotatable bonds is 8. The summed E-state index contributed by atoms with van der Waals surface area (Å²) >= 11 is 0. The molecule has 1 aliphatic carbocycles. The fourth-order valence-corrected chi connectivity index (χ4v) is 4.37. The minimum Gasteiger partial charge on any atom is -0.487 e. The molecule has 0 bridgehead atoms. The van der Waals surface area contributed by atoms with Crippen molar-refractivity contribution in [3.63, 3.8) is 0 Å². The van der Waals surface area contributed by atoms with Gasteiger partial charge in [0, 0.05) is 5.41 Å². The van der Waals surface area contributed by atoms with Crippen molar-refractivity contribution in [2.75, 3.05) is 0 Å². The van der Waals surface area contributed by atoms with Crippen LogP contribution in [0.5, 0.6) is 5.75 Å². The van der Waals surface area contributed by atoms with Crippen molar-refractivity contribution in [1.82, 2.24) is 20.0 Å². The molecule has 1 aliphatic rings. The third-order valence-electron chi connectivity index (χ3n) is 6.80. The fourth-order valence-electron chi connectivity index (χ4n) is 4.37. The number of aromatic nitrogens is 4. The Hall–Kier alpha value is -3.47. The Kier molecular flexibility index (Phi) is 5.95. The lowest BCUT2D eigenvalue weighted by molar-refractivity contribution is 0.301. The Bertz CT molecular complexity index is 1180. The lowest BCUT2D eigenvalue weighted by atomic mass is 9.77. The first-order chi connectivity index (χ1) is 16.1. The van der Waals surface area contributed by atoms with E-state index in [4.69, 9.17) is 4.74 Å². The molecule has 0 N–H and O–H groups in total. The van der Waals surface area contributed by atoms with Crippen LogP contribution in [0.15, 0.2) is 79.1 Å². The Morgan fingerprint density at radius 1 is 0.879 bits per heavy atom. The van der Waals surface area contributed by atoms with Gasteiger partial charge in [-0.2, -0.15) is 10.2 Å². The zero-order chi connectivity index (χ0) is 22.7. The van der Waals surface area contributed by atoms with Gasteiger partial charge < -0.3 is 4.74 Å². The van der Waals surface area contributed by atoms with Crippen molar-refractivity contribution in [3.05, 3.63) is 102 Å². The van der Waals surface area contributed by atoms with Gasteiger partial charge in [0.1, 0.15) is 12.4 Å². The van der Waals surface area contributed by atoms with Gasteiger partial charge in [0.15, 0.2) is 5.82 Å². The van der Waals surface area contributed by atoms with Crippen LogP contribution in [0.4, 0.5) is 0 Å². The summed E-state index contributed by atoms with van der Waals surface area (Å²) in [5.74, 6) is 2.41. The highest BCUT2D eigenvalue weighted by molar-refractivity contribution is 5.41. The van der Waals surface area contributed by atoms with E-state index in [1.54, 1.807) is 12.4 Å². The number of benzene rings is 2. The predicted octanol–water partition coefficient (Wildman–Crippen LogP) is 5.91. The highest BCUT2D eigenvalue weighted by Crippen LogP contribution is 2.34. The molecule has 0 amide bonds. The lowest BCUT2D eigenvalue weighted by Gasteiger charge is -2.28. The molecule has 33 heavy (non-hydrogen) atoms. The lowest BCUT2D eigenvalue weighted by Crippen LogP contribution is -2.19. The standard InChI is InChI=1S/C28H30N4O/c1-28(2,23-11-9-22(10-12-23)19-21-5-3-6-21)24-13-15-26(16-14-24)33-20-25-7-4-8-27(31-25)32-29-17-18-30-32/h4,7-18,21H,3,5-6,19-20H2,1-2H3. The van der Waals surface area contributed by atoms with Crippen molar-refractivity contribution in [2.24, 2.45) is 5.92 Å². The SMILES string of the molecule is CC(C)(c1ccc(CC2CCC2)cc1)c1ccc(OCc2cccc(-n3nccn3)n2)cc1. The number of hydrogen-bond donors (Lipinski definition) is 0. The zero-order valence-corrected chi connectivity index (χ0v) is 19.3. The molecule has 2 aromatic carbocycles. The molecule has 168 valence electrons. The summed E-state index contributed by atoms with van der Waals surface area (Å²) in [6.45, 7) is 4.95. The Morgan fingerprint density at radius 3 is 2.18 bits per heavy atom. The summed E-state index contributed by atoms with van der Waals surface area (Å²) in [5, 5.41) is 8.26. The van der Waals surface area contributed by atoms with E-state index in [1.165, 1.54) is 47.2 Å². The van der Waals surface area contributed by atoms with Crippen LogP contribution >= 0.6 is 0 Å². The molecule has 5 rings (SSSR count). The Labute approximate surface area is 195 Å². The largest absolute Gasteiger partial charge is 0.487 e. The van der Waals surface area contributed by atoms with E-state index in [1.807, 2.05) is 30.3 Å². The molecule has 0 atom stereocenters. The Morgan fingerprint density at radius 2 is 1.55 bits per heavy atom. The van der Waals surface area contributed by atoms with Gasteiger partial charge in [0.05, 0.1) is 18.1 Å². The van der Waals surface area contributed by atoms with Crippen molar-refractivity contribution >= 4 is 0 Å². The number of pyridine rings is 1. The number of ether oxygens (including phenoxy) is 1. The second kappa shape index (κ2) is 9.18. The van der Waals surface area contributed by atoms with Gasteiger partial charge in [-0.1, -0.05) is 75.6 Å². The minimum atomic E-state index is -0.0693. The quantitative estimate of drug-likeness (QED) is 0.343. The molecule has 0 aliphatic heterocycles. The van der Waals surface area contributed by atoms with Crippen LogP contribution in [0.2, 0.25) is 0 Å². The highest BCUT2D eigenvalue weighted by atomic mass is 16.5. The summed E-state index contributed by atoms with van der Waals surface area (Å²) in [5.41, 5.74) is 4.83. The summed E-state index contributed by atoms with van der Waals surface area (Å²) in [4.78, 5) is 6.07. The summed E-state index contributed by atoms with van der Waals surface area (Å²) in [6, 6.07) is 23.4. The van der Waals surface area contributed by atoms with Crippen LogP contribution in [0.1, 0.15) is 55.5 Å². The van der Waals surface area contributed by atoms with Gasteiger partial charge >= 0.3 is 0 Å². The van der Waals surface area contributed by atoms with Gasteiger partial charge in [0.2, 0.25) is 0 Å². The Balaban J connectivity index is 1.23. The molecular weight excluding hydrogens is 408 g/mol. The normalized spacial score (nSPS) is 14.1. The van der Waals surface area contributed by atoms with E-state index in [-0.39, 0.29) is 5.41 Å². The third kappa shape index (κ3) is 4.82.